The van der Waals surface area contributed by atoms with Gasteiger partial charge < -0.3 is 9.84 Å². The molecule has 0 saturated carbocycles. The quantitative estimate of drug-likeness (QED) is 0.731. The minimum Gasteiger partial charge on any atom is -0.392 e. The van der Waals surface area contributed by atoms with Crippen LogP contribution in [-0.2, 0) is 21.4 Å². The first kappa shape index (κ1) is 16.6. The van der Waals surface area contributed by atoms with E-state index in [1.54, 1.807) is 13.0 Å². The van der Waals surface area contributed by atoms with Crippen molar-refractivity contribution >= 4 is 26.0 Å². The third-order valence-electron chi connectivity index (χ3n) is 2.50. The van der Waals surface area contributed by atoms with Gasteiger partial charge in [0.05, 0.1) is 18.1 Å². The average Bonchev–Trinajstić information content (AvgIpc) is 2.37. The molecule has 0 amide bonds. The van der Waals surface area contributed by atoms with Crippen LogP contribution in [0.3, 0.4) is 0 Å². The van der Waals surface area contributed by atoms with Crippen LogP contribution in [0.25, 0.3) is 0 Å². The van der Waals surface area contributed by atoms with E-state index in [0.717, 1.165) is 5.56 Å². The Bertz CT molecular complexity index is 531. The molecule has 108 valence electrons. The molecular weight excluding hydrogens is 334 g/mol. The Hall–Kier alpha value is -0.470. The van der Waals surface area contributed by atoms with Crippen molar-refractivity contribution in [1.29, 1.82) is 0 Å². The van der Waals surface area contributed by atoms with Crippen LogP contribution in [0.5, 0.6) is 0 Å². The van der Waals surface area contributed by atoms with Crippen molar-refractivity contribution < 1.29 is 18.3 Å². The van der Waals surface area contributed by atoms with Gasteiger partial charge >= 0.3 is 0 Å². The van der Waals surface area contributed by atoms with Gasteiger partial charge in [0, 0.05) is 17.6 Å². The van der Waals surface area contributed by atoms with E-state index in [2.05, 4.69) is 20.7 Å². The Labute approximate surface area is 122 Å². The van der Waals surface area contributed by atoms with Crippen molar-refractivity contribution in [2.45, 2.75) is 25.3 Å². The second kappa shape index (κ2) is 7.35. The molecular formula is C12H18BrNO4S. The van der Waals surface area contributed by atoms with Crippen molar-refractivity contribution in [3.63, 3.8) is 0 Å². The highest BCUT2D eigenvalue weighted by atomic mass is 79.9. The monoisotopic (exact) mass is 351 g/mol. The summed E-state index contributed by atoms with van der Waals surface area (Å²) >= 11 is 3.27. The number of halogens is 1. The van der Waals surface area contributed by atoms with Crippen LogP contribution in [0.1, 0.15) is 18.1 Å². The number of aliphatic hydroxyl groups excluding tert-OH is 1. The number of aliphatic hydroxyl groups is 1. The number of hydrogen-bond donors (Lipinski definition) is 2. The maximum absolute atomic E-state index is 12.2. The molecule has 7 heteroatoms. The molecule has 0 aliphatic heterocycles. The van der Waals surface area contributed by atoms with Crippen molar-refractivity contribution in [3.8, 4) is 0 Å². The number of sulfonamides is 1. The molecule has 1 rings (SSSR count). The molecule has 0 aliphatic rings. The number of hydrogen-bond acceptors (Lipinski definition) is 4. The lowest BCUT2D eigenvalue weighted by Gasteiger charge is -2.12. The first-order valence-electron chi connectivity index (χ1n) is 5.89. The maximum atomic E-state index is 12.2. The van der Waals surface area contributed by atoms with Gasteiger partial charge in [-0.2, -0.15) is 0 Å². The highest BCUT2D eigenvalue weighted by molar-refractivity contribution is 9.10. The Kier molecular flexibility index (Phi) is 6.41. The van der Waals surface area contributed by atoms with E-state index in [-0.39, 0.29) is 18.0 Å². The molecule has 1 aromatic rings. The molecule has 0 bridgehead atoms. The zero-order valence-electron chi connectivity index (χ0n) is 10.9. The van der Waals surface area contributed by atoms with Crippen LogP contribution in [0, 0.1) is 6.92 Å². The number of rotatable bonds is 7. The van der Waals surface area contributed by atoms with E-state index < -0.39 is 10.0 Å². The molecule has 0 unspecified atom stereocenters. The zero-order chi connectivity index (χ0) is 14.5. The first-order chi connectivity index (χ1) is 8.92. The molecule has 0 fully saturated rings. The standard InChI is InChI=1S/C12H18BrNO4S/c1-3-18-5-4-14-19(16,17)11-7-10(8-15)6-9(2)12(11)13/h6-7,14-15H,3-5,8H2,1-2H3. The van der Waals surface area contributed by atoms with Gasteiger partial charge in [-0.15, -0.1) is 0 Å². The van der Waals surface area contributed by atoms with E-state index in [1.807, 2.05) is 6.92 Å². The molecule has 0 saturated heterocycles. The largest absolute Gasteiger partial charge is 0.392 e. The normalized spacial score (nSPS) is 11.8. The Balaban J connectivity index is 2.97. The van der Waals surface area contributed by atoms with Gasteiger partial charge in [-0.25, -0.2) is 13.1 Å². The van der Waals surface area contributed by atoms with Crippen LogP contribution in [0.4, 0.5) is 0 Å². The van der Waals surface area contributed by atoms with Gasteiger partial charge in [0.2, 0.25) is 10.0 Å². The molecule has 0 aromatic heterocycles. The number of aryl methyl sites for hydroxylation is 1. The fourth-order valence-corrected chi connectivity index (χ4v) is 3.65. The van der Waals surface area contributed by atoms with Crippen molar-refractivity contribution in [3.05, 3.63) is 27.7 Å². The van der Waals surface area contributed by atoms with Gasteiger partial charge in [0.15, 0.2) is 0 Å². The van der Waals surface area contributed by atoms with Crippen molar-refractivity contribution in [2.24, 2.45) is 0 Å². The fraction of sp³-hybridized carbons (Fsp3) is 0.500. The van der Waals surface area contributed by atoms with Crippen LogP contribution < -0.4 is 4.72 Å². The smallest absolute Gasteiger partial charge is 0.241 e. The summed E-state index contributed by atoms with van der Waals surface area (Å²) in [5.74, 6) is 0. The van der Waals surface area contributed by atoms with Gasteiger partial charge in [-0.05, 0) is 47.0 Å². The van der Waals surface area contributed by atoms with Crippen LogP contribution in [0.2, 0.25) is 0 Å². The summed E-state index contributed by atoms with van der Waals surface area (Å²) in [5, 5.41) is 9.14. The van der Waals surface area contributed by atoms with Gasteiger partial charge in [0.1, 0.15) is 0 Å². The second-order valence-electron chi connectivity index (χ2n) is 3.98. The van der Waals surface area contributed by atoms with Gasteiger partial charge in [-0.3, -0.25) is 0 Å². The average molecular weight is 352 g/mol. The fourth-order valence-electron chi connectivity index (χ4n) is 1.57. The Morgan fingerprint density at radius 1 is 1.42 bits per heavy atom. The molecule has 5 nitrogen and oxygen atoms in total. The van der Waals surface area contributed by atoms with E-state index in [9.17, 15) is 8.42 Å². The lowest BCUT2D eigenvalue weighted by atomic mass is 10.1. The minimum atomic E-state index is -3.61. The molecule has 0 atom stereocenters. The summed E-state index contributed by atoms with van der Waals surface area (Å²) < 4.78 is 32.4. The summed E-state index contributed by atoms with van der Waals surface area (Å²) in [4.78, 5) is 0.132. The number of benzene rings is 1. The molecule has 0 spiro atoms. The van der Waals surface area contributed by atoms with Gasteiger partial charge in [-0.1, -0.05) is 6.07 Å². The molecule has 1 aromatic carbocycles. The highest BCUT2D eigenvalue weighted by Gasteiger charge is 2.19. The van der Waals surface area contributed by atoms with E-state index in [4.69, 9.17) is 9.84 Å². The third-order valence-corrected chi connectivity index (χ3v) is 5.30. The predicted octanol–water partition coefficient (Wildman–Crippen LogP) is 1.56. The molecule has 0 aliphatic carbocycles. The lowest BCUT2D eigenvalue weighted by Crippen LogP contribution is -2.28. The Morgan fingerprint density at radius 2 is 2.11 bits per heavy atom. The van der Waals surface area contributed by atoms with Crippen molar-refractivity contribution in [1.82, 2.24) is 4.72 Å². The van der Waals surface area contributed by atoms with Crippen molar-refractivity contribution in [2.75, 3.05) is 19.8 Å². The highest BCUT2D eigenvalue weighted by Crippen LogP contribution is 2.27. The number of nitrogens with one attached hydrogen (secondary N) is 1. The lowest BCUT2D eigenvalue weighted by molar-refractivity contribution is 0.153. The van der Waals surface area contributed by atoms with Crippen LogP contribution in [0.15, 0.2) is 21.5 Å². The Morgan fingerprint density at radius 3 is 2.68 bits per heavy atom. The van der Waals surface area contributed by atoms with E-state index >= 15 is 0 Å². The summed E-state index contributed by atoms with van der Waals surface area (Å²) in [6.07, 6.45) is 0. The molecule has 0 radical (unpaired) electrons. The summed E-state index contributed by atoms with van der Waals surface area (Å²) in [6.45, 7) is 4.51. The number of ether oxygens (including phenoxy) is 1. The zero-order valence-corrected chi connectivity index (χ0v) is 13.3. The summed E-state index contributed by atoms with van der Waals surface area (Å²) in [7, 11) is -3.61. The van der Waals surface area contributed by atoms with E-state index in [1.165, 1.54) is 6.07 Å². The molecule has 19 heavy (non-hydrogen) atoms. The van der Waals surface area contributed by atoms with Gasteiger partial charge in [0.25, 0.3) is 0 Å². The van der Waals surface area contributed by atoms with Crippen LogP contribution in [-0.4, -0.2) is 33.3 Å². The second-order valence-corrected chi connectivity index (χ2v) is 6.51. The third kappa shape index (κ3) is 4.54. The molecule has 2 N–H and O–H groups in total. The van der Waals surface area contributed by atoms with E-state index in [0.29, 0.717) is 23.2 Å². The maximum Gasteiger partial charge on any atom is 0.241 e. The first-order valence-corrected chi connectivity index (χ1v) is 8.17. The minimum absolute atomic E-state index is 0.132. The van der Waals surface area contributed by atoms with Crippen LogP contribution >= 0.6 is 15.9 Å². The summed E-state index contributed by atoms with van der Waals surface area (Å²) in [5.41, 5.74) is 1.32. The molecule has 0 heterocycles. The summed E-state index contributed by atoms with van der Waals surface area (Å²) in [6, 6.07) is 3.20. The SMILES string of the molecule is CCOCCNS(=O)(=O)c1cc(CO)cc(C)c1Br. The predicted molar refractivity (Wildman–Crippen MR) is 76.5 cm³/mol. The topological polar surface area (TPSA) is 75.6 Å².